The van der Waals surface area contributed by atoms with Crippen molar-refractivity contribution in [3.8, 4) is 0 Å². The van der Waals surface area contributed by atoms with Gasteiger partial charge in [-0.1, -0.05) is 12.1 Å². The molecule has 0 amide bonds. The van der Waals surface area contributed by atoms with Crippen LogP contribution in [0.25, 0.3) is 0 Å². The smallest absolute Gasteiger partial charge is 0.219 e. The lowest BCUT2D eigenvalue weighted by atomic mass is 10.1. The number of hydrogen-bond donors (Lipinski definition) is 1. The minimum absolute atomic E-state index is 0.0355. The average molecular weight is 170 g/mol. The highest BCUT2D eigenvalue weighted by Gasteiger charge is 2.08. The Labute approximate surface area is 69.6 Å². The van der Waals surface area contributed by atoms with Gasteiger partial charge in [0.25, 0.3) is 0 Å². The minimum Gasteiger partial charge on any atom is -0.282 e. The van der Waals surface area contributed by atoms with Crippen LogP contribution in [0.2, 0.25) is 0 Å². The Hall–Kier alpha value is -0.830. The molecule has 0 atom stereocenters. The highest BCUT2D eigenvalue weighted by molar-refractivity contribution is 7.97. The first-order valence-electron chi connectivity index (χ1n) is 3.11. The summed E-state index contributed by atoms with van der Waals surface area (Å²) in [6.07, 6.45) is 0. The number of carbonyl (C=O) groups is 1. The number of carbonyl (C=O) groups excluding carboxylic acids is 1. The van der Waals surface area contributed by atoms with E-state index in [1.165, 1.54) is 6.07 Å². The van der Waals surface area contributed by atoms with E-state index in [2.05, 4.69) is 12.6 Å². The van der Waals surface area contributed by atoms with E-state index in [4.69, 9.17) is 0 Å². The van der Waals surface area contributed by atoms with E-state index in [9.17, 15) is 9.18 Å². The van der Waals surface area contributed by atoms with Crippen molar-refractivity contribution in [3.05, 3.63) is 35.1 Å². The Morgan fingerprint density at radius 1 is 1.55 bits per heavy atom. The summed E-state index contributed by atoms with van der Waals surface area (Å²) in [7, 11) is 0. The third kappa shape index (κ3) is 1.60. The highest BCUT2D eigenvalue weighted by atomic mass is 32.1. The molecule has 0 aliphatic rings. The molecule has 1 aromatic rings. The van der Waals surface area contributed by atoms with Gasteiger partial charge in [0.05, 0.1) is 5.56 Å². The van der Waals surface area contributed by atoms with Gasteiger partial charge < -0.3 is 0 Å². The van der Waals surface area contributed by atoms with Crippen molar-refractivity contribution < 1.29 is 9.18 Å². The lowest BCUT2D eigenvalue weighted by molar-refractivity contribution is 0.108. The van der Waals surface area contributed by atoms with Gasteiger partial charge in [0.15, 0.2) is 0 Å². The third-order valence-corrected chi connectivity index (χ3v) is 1.66. The topological polar surface area (TPSA) is 17.1 Å². The molecule has 1 rings (SSSR count). The van der Waals surface area contributed by atoms with Gasteiger partial charge in [-0.25, -0.2) is 4.39 Å². The summed E-state index contributed by atoms with van der Waals surface area (Å²) >= 11 is 3.53. The fraction of sp³-hybridized carbons (Fsp3) is 0.125. The predicted molar refractivity (Wildman–Crippen MR) is 44.5 cm³/mol. The number of rotatable bonds is 1. The van der Waals surface area contributed by atoms with Crippen LogP contribution in [0.5, 0.6) is 0 Å². The summed E-state index contributed by atoms with van der Waals surface area (Å²) in [4.78, 5) is 10.6. The van der Waals surface area contributed by atoms with Gasteiger partial charge in [0.1, 0.15) is 5.82 Å². The maximum absolute atomic E-state index is 13.0. The van der Waals surface area contributed by atoms with Gasteiger partial charge in [-0.3, -0.25) is 4.79 Å². The van der Waals surface area contributed by atoms with Gasteiger partial charge in [-0.05, 0) is 18.6 Å². The lowest BCUT2D eigenvalue weighted by Gasteiger charge is -1.99. The van der Waals surface area contributed by atoms with E-state index in [-0.39, 0.29) is 5.56 Å². The zero-order valence-electron chi connectivity index (χ0n) is 5.97. The normalized spacial score (nSPS) is 9.73. The van der Waals surface area contributed by atoms with E-state index >= 15 is 0 Å². The molecule has 11 heavy (non-hydrogen) atoms. The molecule has 3 heteroatoms. The predicted octanol–water partition coefficient (Wildman–Crippen LogP) is 2.20. The molecule has 0 fully saturated rings. The van der Waals surface area contributed by atoms with Crippen LogP contribution in [0.4, 0.5) is 4.39 Å². The molecule has 58 valence electrons. The Balaban J connectivity index is 3.27. The van der Waals surface area contributed by atoms with Gasteiger partial charge in [-0.15, -0.1) is 12.6 Å². The van der Waals surface area contributed by atoms with Crippen molar-refractivity contribution in [2.75, 3.05) is 0 Å². The Kier molecular flexibility index (Phi) is 2.29. The zero-order chi connectivity index (χ0) is 8.43. The molecule has 0 heterocycles. The first-order chi connectivity index (χ1) is 5.13. The Morgan fingerprint density at radius 2 is 2.18 bits per heavy atom. The van der Waals surface area contributed by atoms with Crippen LogP contribution in [-0.4, -0.2) is 5.12 Å². The van der Waals surface area contributed by atoms with Crippen molar-refractivity contribution >= 4 is 17.7 Å². The van der Waals surface area contributed by atoms with Crippen molar-refractivity contribution in [1.82, 2.24) is 0 Å². The Morgan fingerprint density at radius 3 is 2.64 bits per heavy atom. The maximum Gasteiger partial charge on any atom is 0.219 e. The summed E-state index contributed by atoms with van der Waals surface area (Å²) in [5.41, 5.74) is 0.498. The van der Waals surface area contributed by atoms with Crippen LogP contribution < -0.4 is 0 Å². The highest BCUT2D eigenvalue weighted by Crippen LogP contribution is 2.13. The van der Waals surface area contributed by atoms with Crippen molar-refractivity contribution in [3.63, 3.8) is 0 Å². The molecule has 0 unspecified atom stereocenters. The van der Waals surface area contributed by atoms with E-state index in [1.54, 1.807) is 19.1 Å². The molecule has 0 N–H and O–H groups in total. The molecular formula is C8H7FOS. The lowest BCUT2D eigenvalue weighted by Crippen LogP contribution is -1.95. The number of thiol groups is 1. The summed E-state index contributed by atoms with van der Waals surface area (Å²) in [6, 6.07) is 4.65. The number of halogens is 1. The quantitative estimate of drug-likeness (QED) is 0.639. The molecule has 1 aromatic carbocycles. The van der Waals surface area contributed by atoms with Crippen molar-refractivity contribution in [2.45, 2.75) is 6.92 Å². The number of benzene rings is 1. The molecule has 0 aliphatic heterocycles. The molecule has 0 saturated heterocycles. The molecule has 1 nitrogen and oxygen atoms in total. The van der Waals surface area contributed by atoms with Crippen LogP contribution in [0, 0.1) is 12.7 Å². The second-order valence-electron chi connectivity index (χ2n) is 2.24. The summed E-state index contributed by atoms with van der Waals surface area (Å²) < 4.78 is 13.0. The van der Waals surface area contributed by atoms with Crippen LogP contribution >= 0.6 is 12.6 Å². The van der Waals surface area contributed by atoms with Crippen LogP contribution in [0.1, 0.15) is 15.9 Å². The fourth-order valence-corrected chi connectivity index (χ4v) is 0.985. The molecule has 0 bridgehead atoms. The van der Waals surface area contributed by atoms with Gasteiger partial charge in [0.2, 0.25) is 5.12 Å². The standard InChI is InChI=1S/C8H7FOS/c1-5-3-2-4-6(7(5)9)8(10)11/h2-4H,1H3,(H,10,11). The van der Waals surface area contributed by atoms with E-state index < -0.39 is 10.9 Å². The zero-order valence-corrected chi connectivity index (χ0v) is 6.86. The molecule has 0 aliphatic carbocycles. The largest absolute Gasteiger partial charge is 0.282 e. The molecular weight excluding hydrogens is 163 g/mol. The monoisotopic (exact) mass is 170 g/mol. The number of hydrogen-bond acceptors (Lipinski definition) is 1. The van der Waals surface area contributed by atoms with Crippen molar-refractivity contribution in [2.24, 2.45) is 0 Å². The van der Waals surface area contributed by atoms with Gasteiger partial charge >= 0.3 is 0 Å². The first-order valence-corrected chi connectivity index (χ1v) is 3.56. The summed E-state index contributed by atoms with van der Waals surface area (Å²) in [6.45, 7) is 1.61. The van der Waals surface area contributed by atoms with Crippen molar-refractivity contribution in [1.29, 1.82) is 0 Å². The van der Waals surface area contributed by atoms with Crippen LogP contribution in [0.3, 0.4) is 0 Å². The molecule has 0 spiro atoms. The molecule has 0 aromatic heterocycles. The second-order valence-corrected chi connectivity index (χ2v) is 2.65. The van der Waals surface area contributed by atoms with Gasteiger partial charge in [-0.2, -0.15) is 0 Å². The van der Waals surface area contributed by atoms with E-state index in [1.807, 2.05) is 0 Å². The second kappa shape index (κ2) is 3.05. The molecule has 0 radical (unpaired) electrons. The van der Waals surface area contributed by atoms with Crippen LogP contribution in [0.15, 0.2) is 18.2 Å². The summed E-state index contributed by atoms with van der Waals surface area (Å²) in [5.74, 6) is -0.479. The maximum atomic E-state index is 13.0. The Bertz CT molecular complexity index is 296. The number of aryl methyl sites for hydroxylation is 1. The average Bonchev–Trinajstić information content (AvgIpc) is 1.94. The fourth-order valence-electron chi connectivity index (χ4n) is 0.813. The van der Waals surface area contributed by atoms with E-state index in [0.29, 0.717) is 5.56 Å². The third-order valence-electron chi connectivity index (χ3n) is 1.42. The van der Waals surface area contributed by atoms with Gasteiger partial charge in [0, 0.05) is 0 Å². The molecule has 0 saturated carbocycles. The van der Waals surface area contributed by atoms with E-state index in [0.717, 1.165) is 0 Å². The summed E-state index contributed by atoms with van der Waals surface area (Å²) in [5, 5.41) is -0.536. The first kappa shape index (κ1) is 8.27. The SMILES string of the molecule is Cc1cccc(C(=O)S)c1F. The minimum atomic E-state index is -0.536. The van der Waals surface area contributed by atoms with Crippen LogP contribution in [-0.2, 0) is 0 Å².